The van der Waals surface area contributed by atoms with E-state index in [4.69, 9.17) is 25.4 Å². The average Bonchev–Trinajstić information content (AvgIpc) is 2.39. The molecule has 0 saturated heterocycles. The van der Waals surface area contributed by atoms with Gasteiger partial charge in [-0.15, -0.1) is 0 Å². The molecule has 5 nitrogen and oxygen atoms in total. The standard InChI is InChI=1S/C15H24N2O3/c1-4-19-14-9-12(15(16)17)5-6-13(14)20-8-7-18-10-11(2)3/h5-6,9,11H,4,7-8,10H2,1-3H3,(H3,16,17). The molecule has 0 aliphatic rings. The lowest BCUT2D eigenvalue weighted by Gasteiger charge is -2.13. The van der Waals surface area contributed by atoms with Crippen molar-refractivity contribution >= 4 is 5.84 Å². The molecule has 0 radical (unpaired) electrons. The Balaban J connectivity index is 2.57. The maximum Gasteiger partial charge on any atom is 0.161 e. The summed E-state index contributed by atoms with van der Waals surface area (Å²) in [7, 11) is 0. The SMILES string of the molecule is CCOc1cc(C(=N)N)ccc1OCCOCC(C)C. The van der Waals surface area contributed by atoms with Gasteiger partial charge in [0, 0.05) is 12.2 Å². The Hall–Kier alpha value is -1.75. The van der Waals surface area contributed by atoms with E-state index < -0.39 is 0 Å². The van der Waals surface area contributed by atoms with Crippen LogP contribution in [0, 0.1) is 11.3 Å². The van der Waals surface area contributed by atoms with Crippen molar-refractivity contribution in [3.8, 4) is 11.5 Å². The normalized spacial score (nSPS) is 10.6. The van der Waals surface area contributed by atoms with Crippen LogP contribution in [0.2, 0.25) is 0 Å². The van der Waals surface area contributed by atoms with E-state index in [9.17, 15) is 0 Å². The van der Waals surface area contributed by atoms with E-state index >= 15 is 0 Å². The van der Waals surface area contributed by atoms with Crippen LogP contribution in [0.25, 0.3) is 0 Å². The summed E-state index contributed by atoms with van der Waals surface area (Å²) in [6.45, 7) is 8.37. The fourth-order valence-electron chi connectivity index (χ4n) is 1.59. The van der Waals surface area contributed by atoms with Gasteiger partial charge in [0.1, 0.15) is 12.4 Å². The van der Waals surface area contributed by atoms with Crippen LogP contribution in [0.3, 0.4) is 0 Å². The smallest absolute Gasteiger partial charge is 0.161 e. The van der Waals surface area contributed by atoms with Gasteiger partial charge in [-0.2, -0.15) is 0 Å². The van der Waals surface area contributed by atoms with Crippen molar-refractivity contribution < 1.29 is 14.2 Å². The van der Waals surface area contributed by atoms with Crippen molar-refractivity contribution in [2.75, 3.05) is 26.4 Å². The molecule has 0 aliphatic heterocycles. The van der Waals surface area contributed by atoms with E-state index in [0.717, 1.165) is 6.61 Å². The van der Waals surface area contributed by atoms with Crippen molar-refractivity contribution in [3.05, 3.63) is 23.8 Å². The Labute approximate surface area is 120 Å². The van der Waals surface area contributed by atoms with Gasteiger partial charge in [0.15, 0.2) is 11.5 Å². The first-order chi connectivity index (χ1) is 9.54. The lowest BCUT2D eigenvalue weighted by atomic mass is 10.2. The third-order valence-corrected chi connectivity index (χ3v) is 2.49. The minimum atomic E-state index is 0.0118. The molecule has 0 amide bonds. The van der Waals surface area contributed by atoms with E-state index in [1.807, 2.05) is 6.92 Å². The van der Waals surface area contributed by atoms with Gasteiger partial charge in [0.05, 0.1) is 13.2 Å². The summed E-state index contributed by atoms with van der Waals surface area (Å²) in [5, 5.41) is 7.43. The summed E-state index contributed by atoms with van der Waals surface area (Å²) < 4.78 is 16.6. The molecule has 0 unspecified atom stereocenters. The number of nitrogens with two attached hydrogens (primary N) is 1. The van der Waals surface area contributed by atoms with Gasteiger partial charge in [-0.25, -0.2) is 0 Å². The molecule has 0 atom stereocenters. The predicted molar refractivity (Wildman–Crippen MR) is 79.8 cm³/mol. The number of hydrogen-bond acceptors (Lipinski definition) is 4. The molecule has 0 saturated carbocycles. The Morgan fingerprint density at radius 3 is 2.55 bits per heavy atom. The first-order valence-corrected chi connectivity index (χ1v) is 6.86. The minimum Gasteiger partial charge on any atom is -0.490 e. The average molecular weight is 280 g/mol. The molecule has 0 aromatic heterocycles. The second-order valence-corrected chi connectivity index (χ2v) is 4.83. The summed E-state index contributed by atoms with van der Waals surface area (Å²) in [4.78, 5) is 0. The summed E-state index contributed by atoms with van der Waals surface area (Å²) in [6, 6.07) is 5.23. The number of ether oxygens (including phenoxy) is 3. The molecule has 3 N–H and O–H groups in total. The predicted octanol–water partition coefficient (Wildman–Crippen LogP) is 2.42. The van der Waals surface area contributed by atoms with Crippen molar-refractivity contribution in [2.24, 2.45) is 11.7 Å². The first-order valence-electron chi connectivity index (χ1n) is 6.86. The molecule has 1 aromatic carbocycles. The molecule has 0 aliphatic carbocycles. The molecule has 0 heterocycles. The zero-order valence-electron chi connectivity index (χ0n) is 12.4. The van der Waals surface area contributed by atoms with Gasteiger partial charge >= 0.3 is 0 Å². The maximum absolute atomic E-state index is 7.43. The highest BCUT2D eigenvalue weighted by atomic mass is 16.5. The van der Waals surface area contributed by atoms with E-state index in [1.165, 1.54) is 0 Å². The van der Waals surface area contributed by atoms with Crippen molar-refractivity contribution in [1.29, 1.82) is 5.41 Å². The molecule has 112 valence electrons. The van der Waals surface area contributed by atoms with Crippen LogP contribution in [0.4, 0.5) is 0 Å². The second-order valence-electron chi connectivity index (χ2n) is 4.83. The summed E-state index contributed by atoms with van der Waals surface area (Å²) in [5.74, 6) is 1.77. The fourth-order valence-corrected chi connectivity index (χ4v) is 1.59. The summed E-state index contributed by atoms with van der Waals surface area (Å²) in [6.07, 6.45) is 0. The molecule has 0 bridgehead atoms. The van der Waals surface area contributed by atoms with E-state index in [1.54, 1.807) is 18.2 Å². The van der Waals surface area contributed by atoms with E-state index in [-0.39, 0.29) is 5.84 Å². The monoisotopic (exact) mass is 280 g/mol. The number of nitrogen functional groups attached to an aromatic ring is 1. The lowest BCUT2D eigenvalue weighted by molar-refractivity contribution is 0.0808. The van der Waals surface area contributed by atoms with Gasteiger partial charge in [0.2, 0.25) is 0 Å². The summed E-state index contributed by atoms with van der Waals surface area (Å²) >= 11 is 0. The Morgan fingerprint density at radius 1 is 1.20 bits per heavy atom. The van der Waals surface area contributed by atoms with Gasteiger partial charge < -0.3 is 19.9 Å². The van der Waals surface area contributed by atoms with Gasteiger partial charge in [-0.05, 0) is 31.0 Å². The third-order valence-electron chi connectivity index (χ3n) is 2.49. The van der Waals surface area contributed by atoms with Crippen molar-refractivity contribution in [3.63, 3.8) is 0 Å². The third kappa shape index (κ3) is 5.48. The molecule has 20 heavy (non-hydrogen) atoms. The van der Waals surface area contributed by atoms with Crippen molar-refractivity contribution in [1.82, 2.24) is 0 Å². The Morgan fingerprint density at radius 2 is 1.95 bits per heavy atom. The van der Waals surface area contributed by atoms with E-state index in [2.05, 4.69) is 13.8 Å². The van der Waals surface area contributed by atoms with Gasteiger partial charge in [-0.1, -0.05) is 13.8 Å². The number of hydrogen-bond donors (Lipinski definition) is 2. The van der Waals surface area contributed by atoms with Crippen LogP contribution in [-0.2, 0) is 4.74 Å². The van der Waals surface area contributed by atoms with Gasteiger partial charge in [-0.3, -0.25) is 5.41 Å². The van der Waals surface area contributed by atoms with Crippen molar-refractivity contribution in [2.45, 2.75) is 20.8 Å². The number of nitrogens with one attached hydrogen (secondary N) is 1. The summed E-state index contributed by atoms with van der Waals surface area (Å²) in [5.41, 5.74) is 6.09. The minimum absolute atomic E-state index is 0.0118. The molecule has 1 aromatic rings. The Kier molecular flexibility index (Phi) is 6.87. The second kappa shape index (κ2) is 8.43. The molecular weight excluding hydrogens is 256 g/mol. The van der Waals surface area contributed by atoms with Crippen LogP contribution in [0.5, 0.6) is 11.5 Å². The number of rotatable bonds is 9. The van der Waals surface area contributed by atoms with Crippen LogP contribution in [0.15, 0.2) is 18.2 Å². The van der Waals surface area contributed by atoms with Gasteiger partial charge in [0.25, 0.3) is 0 Å². The highest BCUT2D eigenvalue weighted by Gasteiger charge is 2.08. The molecule has 5 heteroatoms. The highest BCUT2D eigenvalue weighted by molar-refractivity contribution is 5.95. The van der Waals surface area contributed by atoms with E-state index in [0.29, 0.717) is 42.8 Å². The molecule has 0 fully saturated rings. The largest absolute Gasteiger partial charge is 0.490 e. The first kappa shape index (κ1) is 16.3. The zero-order chi connectivity index (χ0) is 15.0. The highest BCUT2D eigenvalue weighted by Crippen LogP contribution is 2.28. The topological polar surface area (TPSA) is 77.6 Å². The molecular formula is C15H24N2O3. The molecule has 1 rings (SSSR count). The number of benzene rings is 1. The van der Waals surface area contributed by atoms with Crippen LogP contribution in [-0.4, -0.2) is 32.3 Å². The lowest BCUT2D eigenvalue weighted by Crippen LogP contribution is -2.13. The maximum atomic E-state index is 7.43. The zero-order valence-corrected chi connectivity index (χ0v) is 12.4. The quantitative estimate of drug-likeness (QED) is 0.414. The molecule has 0 spiro atoms. The van der Waals surface area contributed by atoms with Crippen LogP contribution < -0.4 is 15.2 Å². The fraction of sp³-hybridized carbons (Fsp3) is 0.533. The number of amidine groups is 1. The van der Waals surface area contributed by atoms with Crippen LogP contribution >= 0.6 is 0 Å². The van der Waals surface area contributed by atoms with Crippen LogP contribution in [0.1, 0.15) is 26.3 Å². The Bertz CT molecular complexity index is 433.